The van der Waals surface area contributed by atoms with Crippen LogP contribution in [0.4, 0.5) is 0 Å². The average molecular weight is 278 g/mol. The summed E-state index contributed by atoms with van der Waals surface area (Å²) in [5.41, 5.74) is 7.30. The van der Waals surface area contributed by atoms with Crippen LogP contribution in [0.15, 0.2) is 23.8 Å². The Labute approximate surface area is 123 Å². The lowest BCUT2D eigenvalue weighted by Crippen LogP contribution is -1.91. The average Bonchev–Trinajstić information content (AvgIpc) is 2.95. The van der Waals surface area contributed by atoms with Crippen molar-refractivity contribution >= 4 is 38.3 Å². The van der Waals surface area contributed by atoms with Crippen LogP contribution >= 0.6 is 11.3 Å². The maximum atomic E-state index is 2.40. The zero-order valence-corrected chi connectivity index (χ0v) is 13.2. The van der Waals surface area contributed by atoms with Gasteiger partial charge in [-0.1, -0.05) is 17.7 Å². The first-order valence-electron chi connectivity index (χ1n) is 7.17. The summed E-state index contributed by atoms with van der Waals surface area (Å²) in [6, 6.07) is 7.12. The third-order valence-corrected chi connectivity index (χ3v) is 5.54. The van der Waals surface area contributed by atoms with Crippen LogP contribution in [0.1, 0.15) is 34.1 Å². The summed E-state index contributed by atoms with van der Waals surface area (Å²) >= 11 is 1.93. The minimum Gasteiger partial charge on any atom is -0.140 e. The summed E-state index contributed by atoms with van der Waals surface area (Å²) < 4.78 is 1.47. The molecule has 1 aliphatic rings. The molecule has 0 saturated carbocycles. The second-order valence-electron chi connectivity index (χ2n) is 6.14. The fraction of sp³-hybridized carbons (Fsp3) is 0.263. The van der Waals surface area contributed by atoms with E-state index in [0.717, 1.165) is 6.42 Å². The molecule has 0 bridgehead atoms. The van der Waals surface area contributed by atoms with Crippen molar-refractivity contribution in [2.75, 3.05) is 0 Å². The van der Waals surface area contributed by atoms with Gasteiger partial charge in [0.1, 0.15) is 0 Å². The normalized spacial score (nSPS) is 14.1. The molecule has 20 heavy (non-hydrogen) atoms. The van der Waals surface area contributed by atoms with Crippen LogP contribution in [0, 0.1) is 20.8 Å². The van der Waals surface area contributed by atoms with Crippen molar-refractivity contribution in [3.8, 4) is 0 Å². The Bertz CT molecular complexity index is 907. The molecule has 0 unspecified atom stereocenters. The number of hydrogen-bond donors (Lipinski definition) is 0. The summed E-state index contributed by atoms with van der Waals surface area (Å²) in [5.74, 6) is 0. The van der Waals surface area contributed by atoms with E-state index in [4.69, 9.17) is 0 Å². The summed E-state index contributed by atoms with van der Waals surface area (Å²) in [7, 11) is 0. The predicted molar refractivity (Wildman–Crippen MR) is 90.9 cm³/mol. The monoisotopic (exact) mass is 278 g/mol. The lowest BCUT2D eigenvalue weighted by atomic mass is 9.93. The molecule has 4 rings (SSSR count). The molecule has 3 aromatic rings. The molecule has 0 saturated heterocycles. The van der Waals surface area contributed by atoms with E-state index in [1.165, 1.54) is 53.6 Å². The first kappa shape index (κ1) is 12.2. The SMILES string of the molecule is CC1=Cc2c(C)cc3c(cc(C)c4cc(C)sc43)c2C1. The Morgan fingerprint density at radius 2 is 1.60 bits per heavy atom. The molecule has 0 amide bonds. The summed E-state index contributed by atoms with van der Waals surface area (Å²) in [6.45, 7) is 8.95. The number of fused-ring (bicyclic) bond motifs is 5. The fourth-order valence-electron chi connectivity index (χ4n) is 3.54. The second kappa shape index (κ2) is 3.95. The molecule has 100 valence electrons. The van der Waals surface area contributed by atoms with Crippen molar-refractivity contribution in [3.05, 3.63) is 50.9 Å². The molecule has 1 aromatic heterocycles. The molecule has 1 heterocycles. The van der Waals surface area contributed by atoms with Crippen LogP contribution in [-0.4, -0.2) is 0 Å². The summed E-state index contributed by atoms with van der Waals surface area (Å²) in [5, 5.41) is 4.34. The van der Waals surface area contributed by atoms with E-state index in [2.05, 4.69) is 52.0 Å². The van der Waals surface area contributed by atoms with Crippen LogP contribution < -0.4 is 0 Å². The minimum atomic E-state index is 1.11. The summed E-state index contributed by atoms with van der Waals surface area (Å²) in [4.78, 5) is 1.41. The molecule has 1 heteroatoms. The van der Waals surface area contributed by atoms with E-state index in [9.17, 15) is 0 Å². The minimum absolute atomic E-state index is 1.11. The van der Waals surface area contributed by atoms with Crippen molar-refractivity contribution in [1.29, 1.82) is 0 Å². The van der Waals surface area contributed by atoms with Gasteiger partial charge < -0.3 is 0 Å². The van der Waals surface area contributed by atoms with Crippen LogP contribution in [0.3, 0.4) is 0 Å². The highest BCUT2D eigenvalue weighted by molar-refractivity contribution is 7.20. The molecule has 0 radical (unpaired) electrons. The lowest BCUT2D eigenvalue weighted by molar-refractivity contribution is 1.21. The van der Waals surface area contributed by atoms with Crippen molar-refractivity contribution in [2.24, 2.45) is 0 Å². The molecule has 0 atom stereocenters. The maximum Gasteiger partial charge on any atom is 0.0426 e. The number of allylic oxidation sites excluding steroid dienone is 1. The molecular formula is C19H18S. The van der Waals surface area contributed by atoms with Gasteiger partial charge in [0.15, 0.2) is 0 Å². The number of benzene rings is 2. The highest BCUT2D eigenvalue weighted by Crippen LogP contribution is 2.40. The van der Waals surface area contributed by atoms with Gasteiger partial charge in [0, 0.05) is 15.0 Å². The van der Waals surface area contributed by atoms with Crippen LogP contribution in [0.25, 0.3) is 26.9 Å². The van der Waals surface area contributed by atoms with E-state index < -0.39 is 0 Å². The Morgan fingerprint density at radius 3 is 2.40 bits per heavy atom. The van der Waals surface area contributed by atoms with E-state index >= 15 is 0 Å². The number of thiophene rings is 1. The van der Waals surface area contributed by atoms with Crippen molar-refractivity contribution in [2.45, 2.75) is 34.1 Å². The largest absolute Gasteiger partial charge is 0.140 e. The quantitative estimate of drug-likeness (QED) is 0.477. The molecular weight excluding hydrogens is 260 g/mol. The second-order valence-corrected chi connectivity index (χ2v) is 7.40. The first-order valence-corrected chi connectivity index (χ1v) is 7.99. The predicted octanol–water partition coefficient (Wildman–Crippen LogP) is 5.94. The van der Waals surface area contributed by atoms with E-state index in [1.807, 2.05) is 11.3 Å². The highest BCUT2D eigenvalue weighted by atomic mass is 32.1. The van der Waals surface area contributed by atoms with Crippen LogP contribution in [0.2, 0.25) is 0 Å². The zero-order valence-electron chi connectivity index (χ0n) is 12.4. The molecule has 1 aliphatic carbocycles. The van der Waals surface area contributed by atoms with Crippen LogP contribution in [0.5, 0.6) is 0 Å². The highest BCUT2D eigenvalue weighted by Gasteiger charge is 2.18. The number of hydrogen-bond acceptors (Lipinski definition) is 1. The van der Waals surface area contributed by atoms with Gasteiger partial charge in [0.25, 0.3) is 0 Å². The van der Waals surface area contributed by atoms with E-state index in [1.54, 1.807) is 0 Å². The third-order valence-electron chi connectivity index (χ3n) is 4.46. The van der Waals surface area contributed by atoms with Crippen molar-refractivity contribution in [1.82, 2.24) is 0 Å². The van der Waals surface area contributed by atoms with E-state index in [0.29, 0.717) is 0 Å². The molecule has 0 nitrogen and oxygen atoms in total. The van der Waals surface area contributed by atoms with Crippen molar-refractivity contribution in [3.63, 3.8) is 0 Å². The zero-order chi connectivity index (χ0) is 14.0. The van der Waals surface area contributed by atoms with Crippen molar-refractivity contribution < 1.29 is 0 Å². The van der Waals surface area contributed by atoms with Crippen LogP contribution in [-0.2, 0) is 6.42 Å². The molecule has 0 fully saturated rings. The Hall–Kier alpha value is -1.60. The van der Waals surface area contributed by atoms with Gasteiger partial charge in [-0.3, -0.25) is 0 Å². The first-order chi connectivity index (χ1) is 9.54. The smallest absolute Gasteiger partial charge is 0.0426 e. The van der Waals surface area contributed by atoms with Gasteiger partial charge in [0.2, 0.25) is 0 Å². The summed E-state index contributed by atoms with van der Waals surface area (Å²) in [6.07, 6.45) is 3.48. The molecule has 0 aliphatic heterocycles. The van der Waals surface area contributed by atoms with Gasteiger partial charge in [-0.2, -0.15) is 0 Å². The molecule has 0 spiro atoms. The number of aryl methyl sites for hydroxylation is 3. The number of rotatable bonds is 0. The van der Waals surface area contributed by atoms with Gasteiger partial charge >= 0.3 is 0 Å². The fourth-order valence-corrected chi connectivity index (χ4v) is 4.65. The topological polar surface area (TPSA) is 0 Å². The van der Waals surface area contributed by atoms with Gasteiger partial charge in [-0.25, -0.2) is 0 Å². The maximum absolute atomic E-state index is 2.40. The van der Waals surface area contributed by atoms with Gasteiger partial charge in [-0.05, 0) is 79.3 Å². The Kier molecular flexibility index (Phi) is 2.41. The van der Waals surface area contributed by atoms with Gasteiger partial charge in [-0.15, -0.1) is 11.3 Å². The third kappa shape index (κ3) is 1.53. The van der Waals surface area contributed by atoms with E-state index in [-0.39, 0.29) is 0 Å². The molecule has 2 aromatic carbocycles. The van der Waals surface area contributed by atoms with Gasteiger partial charge in [0.05, 0.1) is 0 Å². The Balaban J connectivity index is 2.22. The molecule has 0 N–H and O–H groups in total. The Morgan fingerprint density at radius 1 is 0.850 bits per heavy atom. The lowest BCUT2D eigenvalue weighted by Gasteiger charge is -2.11. The standard InChI is InChI=1S/C19H18S/c1-10-5-14-11(2)8-18-17(16(14)6-10)7-12(3)15-9-13(4)20-19(15)18/h5,7-9H,6H2,1-4H3.